The molecule has 0 spiro atoms. The number of para-hydroxylation sites is 1. The van der Waals surface area contributed by atoms with Crippen LogP contribution in [-0.2, 0) is 27.4 Å². The predicted molar refractivity (Wildman–Crippen MR) is 147 cm³/mol. The number of carbonyl (C=O) groups excluding carboxylic acids is 2. The van der Waals surface area contributed by atoms with Crippen LogP contribution in [0.3, 0.4) is 0 Å². The van der Waals surface area contributed by atoms with Gasteiger partial charge in [-0.1, -0.05) is 30.3 Å². The third kappa shape index (κ3) is 8.33. The van der Waals surface area contributed by atoms with Crippen LogP contribution in [0.25, 0.3) is 10.9 Å². The zero-order valence-corrected chi connectivity index (χ0v) is 23.4. The maximum atomic E-state index is 13.1. The predicted octanol–water partition coefficient (Wildman–Crippen LogP) is 4.53. The van der Waals surface area contributed by atoms with Crippen LogP contribution in [0.2, 0.25) is 0 Å². The highest BCUT2D eigenvalue weighted by atomic mass is 32.2. The number of alkyl halides is 3. The molecule has 4 rings (SSSR count). The first-order valence-electron chi connectivity index (χ1n) is 12.5. The van der Waals surface area contributed by atoms with Crippen LogP contribution in [0.4, 0.5) is 13.2 Å². The Balaban J connectivity index is 0.000000587. The minimum atomic E-state index is -5.08. The standard InChI is InChI=1S/C26H29N3O4S.C2HF3O2/c1-17-14-19(21-6-4-5-7-22(21)27-17)16-33-20-10-8-18(9-11-20)15-23(30)29-12-13-34-26(2,3)24(29)25(31)28-32;3-2(4,5)1(6)7/h4-11,14,24,32H,12-13,15-16H2,1-3H3,(H,28,31);(H,6,7)/t24-;/m0./s1. The average molecular weight is 594 g/mol. The molecule has 0 saturated carbocycles. The molecular weight excluding hydrogens is 563 g/mol. The number of aliphatic carboxylic acids is 1. The molecule has 1 atom stereocenters. The van der Waals surface area contributed by atoms with E-state index in [0.717, 1.165) is 33.5 Å². The number of carbonyl (C=O) groups is 3. The number of carboxylic acids is 1. The molecule has 1 fully saturated rings. The second-order valence-corrected chi connectivity index (χ2v) is 11.5. The van der Waals surface area contributed by atoms with Crippen molar-refractivity contribution in [2.45, 2.75) is 50.8 Å². The number of hydrogen-bond acceptors (Lipinski definition) is 7. The average Bonchev–Trinajstić information content (AvgIpc) is 2.91. The van der Waals surface area contributed by atoms with Gasteiger partial charge in [-0.05, 0) is 50.6 Å². The van der Waals surface area contributed by atoms with E-state index >= 15 is 0 Å². The summed E-state index contributed by atoms with van der Waals surface area (Å²) in [5, 5.41) is 17.4. The second-order valence-electron chi connectivity index (χ2n) is 9.77. The number of pyridine rings is 1. The quantitative estimate of drug-likeness (QED) is 0.281. The number of aromatic nitrogens is 1. The summed E-state index contributed by atoms with van der Waals surface area (Å²) in [5.74, 6) is -2.01. The van der Waals surface area contributed by atoms with E-state index in [4.69, 9.17) is 14.6 Å². The van der Waals surface area contributed by atoms with Gasteiger partial charge in [-0.3, -0.25) is 19.8 Å². The zero-order chi connectivity index (χ0) is 30.4. The Bertz CT molecular complexity index is 1400. The van der Waals surface area contributed by atoms with Gasteiger partial charge in [0.2, 0.25) is 5.91 Å². The lowest BCUT2D eigenvalue weighted by Crippen LogP contribution is -2.61. The summed E-state index contributed by atoms with van der Waals surface area (Å²) in [4.78, 5) is 40.4. The van der Waals surface area contributed by atoms with Gasteiger partial charge in [-0.25, -0.2) is 10.3 Å². The third-order valence-corrected chi connectivity index (χ3v) is 7.65. The van der Waals surface area contributed by atoms with Crippen LogP contribution in [-0.4, -0.2) is 67.2 Å². The van der Waals surface area contributed by atoms with Crippen LogP contribution in [0, 0.1) is 6.92 Å². The molecule has 0 bridgehead atoms. The molecule has 1 saturated heterocycles. The molecular formula is C28H30F3N3O6S. The highest BCUT2D eigenvalue weighted by Gasteiger charge is 2.45. The van der Waals surface area contributed by atoms with E-state index in [1.807, 2.05) is 75.4 Å². The Morgan fingerprint density at radius 3 is 2.39 bits per heavy atom. The molecule has 9 nitrogen and oxygen atoms in total. The van der Waals surface area contributed by atoms with E-state index in [9.17, 15) is 28.0 Å². The number of fused-ring (bicyclic) bond motifs is 1. The summed E-state index contributed by atoms with van der Waals surface area (Å²) in [5.41, 5.74) is 5.52. The van der Waals surface area contributed by atoms with Crippen molar-refractivity contribution >= 4 is 40.4 Å². The molecule has 3 N–H and O–H groups in total. The molecule has 1 aromatic heterocycles. The number of amides is 2. The third-order valence-electron chi connectivity index (χ3n) is 6.30. The Morgan fingerprint density at radius 1 is 1.15 bits per heavy atom. The molecule has 2 amide bonds. The number of nitrogens with one attached hydrogen (secondary N) is 1. The number of halogens is 3. The van der Waals surface area contributed by atoms with E-state index in [0.29, 0.717) is 18.9 Å². The summed E-state index contributed by atoms with van der Waals surface area (Å²) < 4.78 is 37.3. The van der Waals surface area contributed by atoms with E-state index in [2.05, 4.69) is 4.98 Å². The largest absolute Gasteiger partial charge is 0.490 e. The van der Waals surface area contributed by atoms with Crippen molar-refractivity contribution in [2.24, 2.45) is 0 Å². The molecule has 0 radical (unpaired) electrons. The minimum absolute atomic E-state index is 0.144. The summed E-state index contributed by atoms with van der Waals surface area (Å²) in [6.45, 7) is 6.68. The second kappa shape index (κ2) is 13.2. The minimum Gasteiger partial charge on any atom is -0.489 e. The Hall–Kier alpha value is -3.84. The number of benzene rings is 2. The van der Waals surface area contributed by atoms with Gasteiger partial charge in [-0.2, -0.15) is 24.9 Å². The first kappa shape index (κ1) is 31.7. The molecule has 0 aliphatic carbocycles. The molecule has 220 valence electrons. The molecule has 2 heterocycles. The Kier molecular flexibility index (Phi) is 10.2. The number of aryl methyl sites for hydroxylation is 1. The van der Waals surface area contributed by atoms with Crippen molar-refractivity contribution in [1.29, 1.82) is 0 Å². The van der Waals surface area contributed by atoms with Gasteiger partial charge >= 0.3 is 12.1 Å². The molecule has 1 aliphatic heterocycles. The van der Waals surface area contributed by atoms with Crippen molar-refractivity contribution in [2.75, 3.05) is 12.3 Å². The number of thioether (sulfide) groups is 1. The van der Waals surface area contributed by atoms with Crippen LogP contribution in [0.5, 0.6) is 5.75 Å². The molecule has 3 aromatic rings. The lowest BCUT2D eigenvalue weighted by molar-refractivity contribution is -0.192. The smallest absolute Gasteiger partial charge is 0.489 e. The van der Waals surface area contributed by atoms with Crippen molar-refractivity contribution in [3.8, 4) is 5.75 Å². The van der Waals surface area contributed by atoms with Crippen molar-refractivity contribution < 1.29 is 42.6 Å². The Morgan fingerprint density at radius 2 is 1.78 bits per heavy atom. The number of hydrogen-bond donors (Lipinski definition) is 3. The number of nitrogens with zero attached hydrogens (tertiary/aromatic N) is 2. The molecule has 2 aromatic carbocycles. The normalized spacial score (nSPS) is 16.4. The van der Waals surface area contributed by atoms with E-state index in [1.165, 1.54) is 0 Å². The number of carboxylic acid groups (broad SMARTS) is 1. The van der Waals surface area contributed by atoms with Gasteiger partial charge in [0, 0.05) is 33.7 Å². The summed E-state index contributed by atoms with van der Waals surface area (Å²) in [6.07, 6.45) is -4.91. The molecule has 0 unspecified atom stereocenters. The number of hydroxylamine groups is 1. The fourth-order valence-electron chi connectivity index (χ4n) is 4.43. The SMILES string of the molecule is Cc1cc(COc2ccc(CC(=O)N3CCSC(C)(C)[C@@H]3C(=O)NO)cc2)c2ccccc2n1.O=C(O)C(F)(F)F. The van der Waals surface area contributed by atoms with Crippen molar-refractivity contribution in [3.63, 3.8) is 0 Å². The number of ether oxygens (including phenoxy) is 1. The number of rotatable bonds is 6. The first-order chi connectivity index (χ1) is 19.2. The topological polar surface area (TPSA) is 129 Å². The van der Waals surface area contributed by atoms with E-state index < -0.39 is 28.8 Å². The van der Waals surface area contributed by atoms with Crippen LogP contribution in [0.1, 0.15) is 30.7 Å². The lowest BCUT2D eigenvalue weighted by atomic mass is 9.99. The lowest BCUT2D eigenvalue weighted by Gasteiger charge is -2.44. The van der Waals surface area contributed by atoms with Gasteiger partial charge < -0.3 is 14.7 Å². The zero-order valence-electron chi connectivity index (χ0n) is 22.6. The first-order valence-corrected chi connectivity index (χ1v) is 13.5. The maximum absolute atomic E-state index is 13.1. The van der Waals surface area contributed by atoms with E-state index in [1.54, 1.807) is 22.1 Å². The van der Waals surface area contributed by atoms with Gasteiger partial charge in [0.15, 0.2) is 0 Å². The van der Waals surface area contributed by atoms with E-state index in [-0.39, 0.29) is 12.3 Å². The Labute approximate surface area is 238 Å². The highest BCUT2D eigenvalue weighted by Crippen LogP contribution is 2.36. The van der Waals surface area contributed by atoms with Crippen LogP contribution in [0.15, 0.2) is 54.6 Å². The summed E-state index contributed by atoms with van der Waals surface area (Å²) in [7, 11) is 0. The fraction of sp³-hybridized carbons (Fsp3) is 0.357. The van der Waals surface area contributed by atoms with Crippen molar-refractivity contribution in [1.82, 2.24) is 15.4 Å². The van der Waals surface area contributed by atoms with Gasteiger partial charge in [0.25, 0.3) is 5.91 Å². The fourth-order valence-corrected chi connectivity index (χ4v) is 5.64. The molecule has 1 aliphatic rings. The summed E-state index contributed by atoms with van der Waals surface area (Å²) >= 11 is 1.62. The van der Waals surface area contributed by atoms with Gasteiger partial charge in [-0.15, -0.1) is 0 Å². The molecule has 13 heteroatoms. The monoisotopic (exact) mass is 593 g/mol. The molecule has 41 heavy (non-hydrogen) atoms. The van der Waals surface area contributed by atoms with Crippen LogP contribution >= 0.6 is 11.8 Å². The van der Waals surface area contributed by atoms with Gasteiger partial charge in [0.05, 0.1) is 11.9 Å². The van der Waals surface area contributed by atoms with Crippen molar-refractivity contribution in [3.05, 3.63) is 71.4 Å². The summed E-state index contributed by atoms with van der Waals surface area (Å²) in [6, 6.07) is 16.8. The van der Waals surface area contributed by atoms with Gasteiger partial charge in [0.1, 0.15) is 18.4 Å². The maximum Gasteiger partial charge on any atom is 0.490 e. The van der Waals surface area contributed by atoms with Crippen LogP contribution < -0.4 is 10.2 Å². The highest BCUT2D eigenvalue weighted by molar-refractivity contribution is 8.00.